The van der Waals surface area contributed by atoms with E-state index in [1.165, 1.54) is 30.2 Å². The van der Waals surface area contributed by atoms with E-state index in [4.69, 9.17) is 10.2 Å². The van der Waals surface area contributed by atoms with Crippen molar-refractivity contribution in [2.75, 3.05) is 0 Å². The molecule has 0 bridgehead atoms. The lowest BCUT2D eigenvalue weighted by Gasteiger charge is -2.12. The van der Waals surface area contributed by atoms with Crippen LogP contribution in [0.3, 0.4) is 0 Å². The third kappa shape index (κ3) is 3.34. The Morgan fingerprint density at radius 1 is 1.50 bits per heavy atom. The second-order valence-electron chi connectivity index (χ2n) is 4.02. The van der Waals surface area contributed by atoms with E-state index in [1.54, 1.807) is 12.3 Å². The van der Waals surface area contributed by atoms with Gasteiger partial charge in [-0.05, 0) is 48.4 Å². The number of benzene rings is 1. The smallest absolute Gasteiger partial charge is 0.260 e. The third-order valence-electron chi connectivity index (χ3n) is 2.64. The molecule has 18 heavy (non-hydrogen) atoms. The molecule has 0 radical (unpaired) electrons. The van der Waals surface area contributed by atoms with Crippen LogP contribution in [0.4, 0.5) is 4.39 Å². The SMILES string of the molecule is CCC(N)Cc1cc(F)ccc1Sc1ncco1. The average molecular weight is 266 g/mol. The van der Waals surface area contributed by atoms with Crippen molar-refractivity contribution >= 4 is 11.8 Å². The van der Waals surface area contributed by atoms with Gasteiger partial charge in [-0.3, -0.25) is 0 Å². The molecule has 0 aliphatic carbocycles. The molecule has 1 aromatic carbocycles. The van der Waals surface area contributed by atoms with E-state index in [9.17, 15) is 4.39 Å². The summed E-state index contributed by atoms with van der Waals surface area (Å²) in [6, 6.07) is 4.74. The van der Waals surface area contributed by atoms with Gasteiger partial charge < -0.3 is 10.2 Å². The van der Waals surface area contributed by atoms with Crippen molar-refractivity contribution in [2.45, 2.75) is 35.9 Å². The third-order valence-corrected chi connectivity index (χ3v) is 3.63. The zero-order valence-electron chi connectivity index (χ0n) is 10.1. The quantitative estimate of drug-likeness (QED) is 0.902. The Bertz CT molecular complexity index is 502. The minimum atomic E-state index is -0.245. The number of nitrogens with zero attached hydrogens (tertiary/aromatic N) is 1. The van der Waals surface area contributed by atoms with Crippen molar-refractivity contribution in [3.63, 3.8) is 0 Å². The molecule has 0 aliphatic heterocycles. The fraction of sp³-hybridized carbons (Fsp3) is 0.308. The van der Waals surface area contributed by atoms with Gasteiger partial charge in [0.1, 0.15) is 12.1 Å². The Morgan fingerprint density at radius 2 is 2.33 bits per heavy atom. The van der Waals surface area contributed by atoms with Crippen LogP contribution < -0.4 is 5.73 Å². The monoisotopic (exact) mass is 266 g/mol. The van der Waals surface area contributed by atoms with Crippen LogP contribution >= 0.6 is 11.8 Å². The predicted molar refractivity (Wildman–Crippen MR) is 69.0 cm³/mol. The molecular weight excluding hydrogens is 251 g/mol. The molecule has 0 aliphatic rings. The average Bonchev–Trinajstić information content (AvgIpc) is 2.85. The topological polar surface area (TPSA) is 52.0 Å². The van der Waals surface area contributed by atoms with Crippen molar-refractivity contribution in [1.29, 1.82) is 0 Å². The van der Waals surface area contributed by atoms with E-state index in [-0.39, 0.29) is 11.9 Å². The lowest BCUT2D eigenvalue weighted by atomic mass is 10.0. The van der Waals surface area contributed by atoms with Crippen LogP contribution in [0.1, 0.15) is 18.9 Å². The molecule has 2 rings (SSSR count). The van der Waals surface area contributed by atoms with Gasteiger partial charge in [-0.2, -0.15) is 0 Å². The van der Waals surface area contributed by atoms with Crippen LogP contribution in [0.25, 0.3) is 0 Å². The van der Waals surface area contributed by atoms with E-state index in [0.717, 1.165) is 16.9 Å². The van der Waals surface area contributed by atoms with E-state index >= 15 is 0 Å². The first-order valence-electron chi connectivity index (χ1n) is 5.80. The van der Waals surface area contributed by atoms with Crippen LogP contribution in [0.2, 0.25) is 0 Å². The molecular formula is C13H15FN2OS. The van der Waals surface area contributed by atoms with Crippen LogP contribution in [-0.4, -0.2) is 11.0 Å². The number of aromatic nitrogens is 1. The van der Waals surface area contributed by atoms with E-state index in [1.807, 2.05) is 6.92 Å². The van der Waals surface area contributed by atoms with Crippen LogP contribution in [-0.2, 0) is 6.42 Å². The summed E-state index contributed by atoms with van der Waals surface area (Å²) in [6.07, 6.45) is 4.61. The van der Waals surface area contributed by atoms with Gasteiger partial charge in [0, 0.05) is 10.9 Å². The molecule has 96 valence electrons. The van der Waals surface area contributed by atoms with E-state index in [2.05, 4.69) is 4.98 Å². The fourth-order valence-electron chi connectivity index (χ4n) is 1.59. The van der Waals surface area contributed by atoms with E-state index in [0.29, 0.717) is 11.6 Å². The van der Waals surface area contributed by atoms with Gasteiger partial charge in [-0.15, -0.1) is 0 Å². The van der Waals surface area contributed by atoms with Crippen LogP contribution in [0.15, 0.2) is 45.2 Å². The molecule has 0 amide bonds. The molecule has 1 aromatic heterocycles. The molecule has 2 N–H and O–H groups in total. The Morgan fingerprint density at radius 3 is 3.00 bits per heavy atom. The predicted octanol–water partition coefficient (Wildman–Crippen LogP) is 3.24. The molecule has 0 spiro atoms. The summed E-state index contributed by atoms with van der Waals surface area (Å²) in [6.45, 7) is 2.02. The van der Waals surface area contributed by atoms with Gasteiger partial charge in [-0.25, -0.2) is 9.37 Å². The van der Waals surface area contributed by atoms with Crippen molar-refractivity contribution in [2.24, 2.45) is 5.73 Å². The Balaban J connectivity index is 2.22. The normalized spacial score (nSPS) is 12.6. The molecule has 1 heterocycles. The van der Waals surface area contributed by atoms with Crippen molar-refractivity contribution in [3.05, 3.63) is 42.0 Å². The highest BCUT2D eigenvalue weighted by molar-refractivity contribution is 7.99. The zero-order valence-corrected chi connectivity index (χ0v) is 10.9. The number of oxazole rings is 1. The summed E-state index contributed by atoms with van der Waals surface area (Å²) in [7, 11) is 0. The van der Waals surface area contributed by atoms with Gasteiger partial charge in [0.25, 0.3) is 5.22 Å². The fourth-order valence-corrected chi connectivity index (χ4v) is 2.40. The van der Waals surface area contributed by atoms with Gasteiger partial charge >= 0.3 is 0 Å². The molecule has 0 saturated carbocycles. The van der Waals surface area contributed by atoms with E-state index < -0.39 is 0 Å². The molecule has 2 aromatic rings. The van der Waals surface area contributed by atoms with Gasteiger partial charge in [-0.1, -0.05) is 6.92 Å². The van der Waals surface area contributed by atoms with Crippen molar-refractivity contribution in [1.82, 2.24) is 4.98 Å². The number of nitrogens with two attached hydrogens (primary N) is 1. The van der Waals surface area contributed by atoms with Crippen molar-refractivity contribution < 1.29 is 8.81 Å². The number of rotatable bonds is 5. The maximum atomic E-state index is 13.3. The highest BCUT2D eigenvalue weighted by Gasteiger charge is 2.11. The van der Waals surface area contributed by atoms with Crippen LogP contribution in [0.5, 0.6) is 0 Å². The Kier molecular flexibility index (Phi) is 4.38. The molecule has 0 fully saturated rings. The number of hydrogen-bond donors (Lipinski definition) is 1. The van der Waals surface area contributed by atoms with Gasteiger partial charge in [0.15, 0.2) is 0 Å². The first kappa shape index (κ1) is 13.1. The van der Waals surface area contributed by atoms with Gasteiger partial charge in [0.05, 0.1) is 6.20 Å². The molecule has 5 heteroatoms. The van der Waals surface area contributed by atoms with Gasteiger partial charge in [0.2, 0.25) is 0 Å². The highest BCUT2D eigenvalue weighted by Crippen LogP contribution is 2.30. The summed E-state index contributed by atoms with van der Waals surface area (Å²) in [4.78, 5) is 4.98. The minimum Gasteiger partial charge on any atom is -0.440 e. The first-order chi connectivity index (χ1) is 8.69. The lowest BCUT2D eigenvalue weighted by molar-refractivity contribution is 0.454. The summed E-state index contributed by atoms with van der Waals surface area (Å²) in [5.74, 6) is -0.245. The van der Waals surface area contributed by atoms with Crippen molar-refractivity contribution in [3.8, 4) is 0 Å². The zero-order chi connectivity index (χ0) is 13.0. The summed E-state index contributed by atoms with van der Waals surface area (Å²) in [5.41, 5.74) is 6.82. The molecule has 1 atom stereocenters. The Labute approximate surface area is 110 Å². The summed E-state index contributed by atoms with van der Waals surface area (Å²) < 4.78 is 18.5. The first-order valence-corrected chi connectivity index (χ1v) is 6.62. The maximum Gasteiger partial charge on any atom is 0.260 e. The summed E-state index contributed by atoms with van der Waals surface area (Å²) >= 11 is 1.38. The second kappa shape index (κ2) is 6.02. The van der Waals surface area contributed by atoms with Crippen LogP contribution in [0, 0.1) is 5.82 Å². The largest absolute Gasteiger partial charge is 0.440 e. The molecule has 0 saturated heterocycles. The maximum absolute atomic E-state index is 13.3. The molecule has 1 unspecified atom stereocenters. The Hall–Kier alpha value is -1.33. The highest BCUT2D eigenvalue weighted by atomic mass is 32.2. The minimum absolute atomic E-state index is 0.0377. The number of halogens is 1. The standard InChI is InChI=1S/C13H15FN2OS/c1-2-11(15)8-9-7-10(14)3-4-12(9)18-13-16-5-6-17-13/h3-7,11H,2,8,15H2,1H3. The second-order valence-corrected chi connectivity index (χ2v) is 5.02. The molecule has 3 nitrogen and oxygen atoms in total. The summed E-state index contributed by atoms with van der Waals surface area (Å²) in [5, 5.41) is 0.549. The number of hydrogen-bond acceptors (Lipinski definition) is 4. The lowest BCUT2D eigenvalue weighted by Crippen LogP contribution is -2.21.